The average molecular weight is 342 g/mol. The molecule has 0 fully saturated rings. The molecular formula is C15H14N6O2S. The molecule has 0 radical (unpaired) electrons. The summed E-state index contributed by atoms with van der Waals surface area (Å²) in [6.45, 7) is 1.68. The number of anilines is 1. The van der Waals surface area contributed by atoms with Gasteiger partial charge in [-0.2, -0.15) is 0 Å². The van der Waals surface area contributed by atoms with E-state index in [0.717, 1.165) is 30.1 Å². The topological polar surface area (TPSA) is 126 Å². The number of hydrogen-bond acceptors (Lipinski definition) is 6. The number of carbonyl (C=O) groups excluding carboxylic acids is 2. The number of aromatic amines is 1. The predicted molar refractivity (Wildman–Crippen MR) is 90.1 cm³/mol. The van der Waals surface area contributed by atoms with Crippen LogP contribution in [0, 0.1) is 0 Å². The summed E-state index contributed by atoms with van der Waals surface area (Å²) >= 11 is 1.47. The normalized spacial score (nSPS) is 13.7. The molecule has 0 saturated carbocycles. The van der Waals surface area contributed by atoms with Crippen LogP contribution in [0.5, 0.6) is 0 Å². The van der Waals surface area contributed by atoms with Crippen LogP contribution in [0.3, 0.4) is 0 Å². The number of benzene rings is 1. The van der Waals surface area contributed by atoms with Crippen LogP contribution in [0.4, 0.5) is 5.13 Å². The molecule has 0 atom stereocenters. The van der Waals surface area contributed by atoms with Crippen molar-refractivity contribution < 1.29 is 9.59 Å². The van der Waals surface area contributed by atoms with Gasteiger partial charge in [-0.05, 0) is 12.1 Å². The van der Waals surface area contributed by atoms with E-state index in [9.17, 15) is 9.59 Å². The van der Waals surface area contributed by atoms with E-state index in [2.05, 4.69) is 25.6 Å². The number of aromatic nitrogens is 3. The van der Waals surface area contributed by atoms with Gasteiger partial charge in [-0.25, -0.2) is 9.97 Å². The molecule has 4 rings (SSSR count). The molecule has 0 aliphatic carbocycles. The van der Waals surface area contributed by atoms with Crippen molar-refractivity contribution in [3.8, 4) is 0 Å². The van der Waals surface area contributed by atoms with E-state index in [4.69, 9.17) is 5.73 Å². The van der Waals surface area contributed by atoms with E-state index in [-0.39, 0.29) is 11.7 Å². The zero-order valence-corrected chi connectivity index (χ0v) is 13.4. The summed E-state index contributed by atoms with van der Waals surface area (Å²) in [5.74, 6) is -0.946. The Morgan fingerprint density at radius 1 is 1.29 bits per heavy atom. The summed E-state index contributed by atoms with van der Waals surface area (Å²) in [6.07, 6.45) is 0.861. The molecule has 5 N–H and O–H groups in total. The minimum atomic E-state index is -0.669. The van der Waals surface area contributed by atoms with E-state index < -0.39 is 5.91 Å². The van der Waals surface area contributed by atoms with Gasteiger partial charge >= 0.3 is 0 Å². The molecule has 0 spiro atoms. The van der Waals surface area contributed by atoms with Crippen LogP contribution in [0.1, 0.15) is 31.5 Å². The second-order valence-corrected chi connectivity index (χ2v) is 6.50. The molecule has 3 heterocycles. The van der Waals surface area contributed by atoms with Gasteiger partial charge in [-0.3, -0.25) is 14.9 Å². The second-order valence-electron chi connectivity index (χ2n) is 5.42. The van der Waals surface area contributed by atoms with Crippen LogP contribution >= 0.6 is 11.3 Å². The molecular weight excluding hydrogens is 328 g/mol. The number of imidazole rings is 1. The highest BCUT2D eigenvalue weighted by molar-refractivity contribution is 7.15. The maximum absolute atomic E-state index is 12.6. The lowest BCUT2D eigenvalue weighted by molar-refractivity contribution is 0.0989. The Morgan fingerprint density at radius 2 is 2.17 bits per heavy atom. The van der Waals surface area contributed by atoms with Gasteiger partial charge in [-0.1, -0.05) is 6.07 Å². The first-order valence-corrected chi connectivity index (χ1v) is 8.22. The van der Waals surface area contributed by atoms with Gasteiger partial charge in [-0.15, -0.1) is 11.3 Å². The second kappa shape index (κ2) is 5.69. The zero-order chi connectivity index (χ0) is 16.7. The lowest BCUT2D eigenvalue weighted by Crippen LogP contribution is -2.22. The fourth-order valence-corrected chi connectivity index (χ4v) is 3.65. The van der Waals surface area contributed by atoms with Gasteiger partial charge in [0.2, 0.25) is 0 Å². The number of H-pyrrole nitrogens is 1. The minimum absolute atomic E-state index is 0.0287. The third-order valence-corrected chi connectivity index (χ3v) is 4.83. The molecule has 24 heavy (non-hydrogen) atoms. The molecule has 0 unspecified atom stereocenters. The molecule has 3 aromatic rings. The Hall–Kier alpha value is -2.78. The van der Waals surface area contributed by atoms with Crippen molar-refractivity contribution >= 4 is 39.3 Å². The van der Waals surface area contributed by atoms with Crippen molar-refractivity contribution in [3.63, 3.8) is 0 Å². The van der Waals surface area contributed by atoms with Gasteiger partial charge in [0.15, 0.2) is 11.0 Å². The first kappa shape index (κ1) is 14.8. The number of rotatable bonds is 3. The fraction of sp³-hybridized carbons (Fsp3) is 0.200. The molecule has 1 aliphatic rings. The summed E-state index contributed by atoms with van der Waals surface area (Å²) in [7, 11) is 0. The predicted octanol–water partition coefficient (Wildman–Crippen LogP) is 1.02. The van der Waals surface area contributed by atoms with Crippen LogP contribution < -0.4 is 16.4 Å². The SMILES string of the molecule is NC(=O)c1nc2cccc(C(=O)Nc3nc4c(s3)CNCC4)c2[nH]1. The number of primary amides is 1. The van der Waals surface area contributed by atoms with Crippen molar-refractivity contribution in [2.45, 2.75) is 13.0 Å². The number of nitrogens with two attached hydrogens (primary N) is 1. The summed E-state index contributed by atoms with van der Waals surface area (Å²) < 4.78 is 0. The summed E-state index contributed by atoms with van der Waals surface area (Å²) in [6, 6.07) is 5.08. The van der Waals surface area contributed by atoms with E-state index in [1.54, 1.807) is 18.2 Å². The number of amides is 2. The number of para-hydroxylation sites is 1. The van der Waals surface area contributed by atoms with Crippen LogP contribution in [-0.2, 0) is 13.0 Å². The Bertz CT molecular complexity index is 937. The van der Waals surface area contributed by atoms with Gasteiger partial charge in [0.1, 0.15) is 0 Å². The molecule has 1 aromatic carbocycles. The number of nitrogens with zero attached hydrogens (tertiary/aromatic N) is 2. The molecule has 2 aromatic heterocycles. The largest absolute Gasteiger partial charge is 0.363 e. The van der Waals surface area contributed by atoms with Gasteiger partial charge in [0.05, 0.1) is 22.3 Å². The Balaban J connectivity index is 1.65. The summed E-state index contributed by atoms with van der Waals surface area (Å²) in [4.78, 5) is 36.4. The van der Waals surface area contributed by atoms with Crippen LogP contribution in [-0.4, -0.2) is 33.3 Å². The summed E-state index contributed by atoms with van der Waals surface area (Å²) in [5.41, 5.74) is 7.65. The van der Waals surface area contributed by atoms with Gasteiger partial charge in [0, 0.05) is 24.4 Å². The van der Waals surface area contributed by atoms with Crippen molar-refractivity contribution in [3.05, 3.63) is 40.2 Å². The quantitative estimate of drug-likeness (QED) is 0.565. The van der Waals surface area contributed by atoms with Crippen molar-refractivity contribution in [2.75, 3.05) is 11.9 Å². The molecule has 1 aliphatic heterocycles. The van der Waals surface area contributed by atoms with Crippen molar-refractivity contribution in [1.29, 1.82) is 0 Å². The van der Waals surface area contributed by atoms with E-state index in [1.165, 1.54) is 11.3 Å². The highest BCUT2D eigenvalue weighted by Gasteiger charge is 2.19. The van der Waals surface area contributed by atoms with Crippen LogP contribution in [0.2, 0.25) is 0 Å². The monoisotopic (exact) mass is 342 g/mol. The van der Waals surface area contributed by atoms with Crippen molar-refractivity contribution in [2.24, 2.45) is 5.73 Å². The van der Waals surface area contributed by atoms with Crippen LogP contribution in [0.25, 0.3) is 11.0 Å². The van der Waals surface area contributed by atoms with Gasteiger partial charge in [0.25, 0.3) is 11.8 Å². The van der Waals surface area contributed by atoms with Crippen molar-refractivity contribution in [1.82, 2.24) is 20.3 Å². The molecule has 0 saturated heterocycles. The third-order valence-electron chi connectivity index (χ3n) is 3.82. The number of thiazole rings is 1. The van der Waals surface area contributed by atoms with E-state index in [0.29, 0.717) is 21.7 Å². The average Bonchev–Trinajstić information content (AvgIpc) is 3.17. The molecule has 2 amide bonds. The fourth-order valence-electron chi connectivity index (χ4n) is 2.68. The molecule has 8 nitrogen and oxygen atoms in total. The maximum atomic E-state index is 12.6. The Labute approximate surface area is 140 Å². The molecule has 9 heteroatoms. The number of carbonyl (C=O) groups is 2. The highest BCUT2D eigenvalue weighted by Crippen LogP contribution is 2.26. The molecule has 0 bridgehead atoms. The van der Waals surface area contributed by atoms with Gasteiger partial charge < -0.3 is 16.0 Å². The van der Waals surface area contributed by atoms with Crippen LogP contribution in [0.15, 0.2) is 18.2 Å². The lowest BCUT2D eigenvalue weighted by atomic mass is 10.2. The maximum Gasteiger partial charge on any atom is 0.284 e. The number of nitrogens with one attached hydrogen (secondary N) is 3. The Morgan fingerprint density at radius 3 is 2.96 bits per heavy atom. The lowest BCUT2D eigenvalue weighted by Gasteiger charge is -2.09. The first-order valence-electron chi connectivity index (χ1n) is 7.41. The van der Waals surface area contributed by atoms with E-state index in [1.807, 2.05) is 0 Å². The van der Waals surface area contributed by atoms with E-state index >= 15 is 0 Å². The summed E-state index contributed by atoms with van der Waals surface area (Å²) in [5, 5.41) is 6.67. The number of hydrogen-bond donors (Lipinski definition) is 4. The number of fused-ring (bicyclic) bond motifs is 2. The standard InChI is InChI=1S/C15H14N6O2S/c16-12(22)13-18-9-3-1-2-7(11(9)20-13)14(23)21-15-19-8-4-5-17-6-10(8)24-15/h1-3,17H,4-6H2,(H2,16,22)(H,18,20)(H,19,21,23). The third kappa shape index (κ3) is 2.53. The highest BCUT2D eigenvalue weighted by atomic mass is 32.1. The minimum Gasteiger partial charge on any atom is -0.363 e. The zero-order valence-electron chi connectivity index (χ0n) is 12.5. The molecule has 122 valence electrons. The smallest absolute Gasteiger partial charge is 0.284 e. The first-order chi connectivity index (χ1) is 11.6. The Kier molecular flexibility index (Phi) is 3.51.